The molecule has 0 aliphatic carbocycles. The summed E-state index contributed by atoms with van der Waals surface area (Å²) in [6.07, 6.45) is 0.836. The Kier molecular flexibility index (Phi) is 3.85. The number of pyridine rings is 1. The number of hydrogen-bond donors (Lipinski definition) is 0. The van der Waals surface area contributed by atoms with E-state index in [2.05, 4.69) is 4.98 Å². The Morgan fingerprint density at radius 2 is 2.13 bits per heavy atom. The summed E-state index contributed by atoms with van der Waals surface area (Å²) < 4.78 is 50.8. The van der Waals surface area contributed by atoms with Gasteiger partial charge in [-0.05, 0) is 25.1 Å². The molecular weight excluding hydrogens is 323 g/mol. The Bertz CT molecular complexity index is 824. The van der Waals surface area contributed by atoms with Gasteiger partial charge in [0.25, 0.3) is 10.0 Å². The van der Waals surface area contributed by atoms with Crippen LogP contribution in [0.3, 0.4) is 0 Å². The average Bonchev–Trinajstić information content (AvgIpc) is 2.53. The lowest BCUT2D eigenvalue weighted by molar-refractivity contribution is 0.218. The second-order valence-electron chi connectivity index (χ2n) is 5.11. The molecule has 2 heterocycles. The van der Waals surface area contributed by atoms with Crippen LogP contribution >= 0.6 is 0 Å². The predicted octanol–water partition coefficient (Wildman–Crippen LogP) is 2.21. The first-order valence-corrected chi connectivity index (χ1v) is 8.35. The SMILES string of the molecule is COc1ccc(S(=O)(=O)N2C[C@H](C)Oc3cc(F)ccc32)cn1. The second-order valence-corrected chi connectivity index (χ2v) is 6.98. The fourth-order valence-electron chi connectivity index (χ4n) is 2.37. The molecule has 1 aliphatic rings. The molecule has 122 valence electrons. The maximum absolute atomic E-state index is 13.4. The van der Waals surface area contributed by atoms with Gasteiger partial charge in [0, 0.05) is 12.1 Å². The number of sulfonamides is 1. The van der Waals surface area contributed by atoms with Gasteiger partial charge in [-0.1, -0.05) is 0 Å². The monoisotopic (exact) mass is 338 g/mol. The zero-order chi connectivity index (χ0) is 16.6. The number of ether oxygens (including phenoxy) is 2. The molecule has 2 aromatic rings. The average molecular weight is 338 g/mol. The quantitative estimate of drug-likeness (QED) is 0.858. The lowest BCUT2D eigenvalue weighted by Crippen LogP contribution is -2.42. The molecule has 1 aromatic carbocycles. The van der Waals surface area contributed by atoms with Gasteiger partial charge in [-0.25, -0.2) is 17.8 Å². The minimum atomic E-state index is -3.83. The van der Waals surface area contributed by atoms with E-state index >= 15 is 0 Å². The van der Waals surface area contributed by atoms with Crippen LogP contribution in [0.25, 0.3) is 0 Å². The Balaban J connectivity index is 2.06. The normalized spacial score (nSPS) is 17.3. The van der Waals surface area contributed by atoms with Crippen LogP contribution in [0.15, 0.2) is 41.4 Å². The minimum absolute atomic E-state index is 0.0303. The minimum Gasteiger partial charge on any atom is -0.487 e. The molecule has 0 fully saturated rings. The van der Waals surface area contributed by atoms with E-state index in [-0.39, 0.29) is 17.2 Å². The predicted molar refractivity (Wildman–Crippen MR) is 81.8 cm³/mol. The van der Waals surface area contributed by atoms with Crippen molar-refractivity contribution in [2.24, 2.45) is 0 Å². The Labute approximate surface area is 133 Å². The molecule has 0 radical (unpaired) electrons. The standard InChI is InChI=1S/C15H15FN2O4S/c1-10-9-18(13-5-3-11(16)7-14(13)22-10)23(19,20)12-4-6-15(21-2)17-8-12/h3-8,10H,9H2,1-2H3/t10-/m0/s1. The first-order valence-electron chi connectivity index (χ1n) is 6.91. The van der Waals surface area contributed by atoms with Gasteiger partial charge in [0.2, 0.25) is 5.88 Å². The zero-order valence-electron chi connectivity index (χ0n) is 12.6. The highest BCUT2D eigenvalue weighted by molar-refractivity contribution is 7.92. The number of rotatable bonds is 3. The van der Waals surface area contributed by atoms with Gasteiger partial charge in [0.1, 0.15) is 22.6 Å². The smallest absolute Gasteiger partial charge is 0.266 e. The third kappa shape index (κ3) is 2.81. The summed E-state index contributed by atoms with van der Waals surface area (Å²) in [5.41, 5.74) is 0.306. The van der Waals surface area contributed by atoms with Crippen molar-refractivity contribution in [3.8, 4) is 11.6 Å². The highest BCUT2D eigenvalue weighted by Crippen LogP contribution is 2.37. The van der Waals surface area contributed by atoms with E-state index in [1.165, 1.54) is 47.9 Å². The van der Waals surface area contributed by atoms with Crippen LogP contribution in [0.5, 0.6) is 11.6 Å². The van der Waals surface area contributed by atoms with Crippen LogP contribution in [0.2, 0.25) is 0 Å². The highest BCUT2D eigenvalue weighted by atomic mass is 32.2. The van der Waals surface area contributed by atoms with Crippen LogP contribution in [0.1, 0.15) is 6.92 Å². The summed E-state index contributed by atoms with van der Waals surface area (Å²) in [4.78, 5) is 3.96. The first-order chi connectivity index (χ1) is 10.9. The Hall–Kier alpha value is -2.35. The molecule has 0 saturated carbocycles. The number of aromatic nitrogens is 1. The van der Waals surface area contributed by atoms with Crippen molar-refractivity contribution >= 4 is 15.7 Å². The van der Waals surface area contributed by atoms with Gasteiger partial charge in [-0.3, -0.25) is 4.31 Å². The molecule has 6 nitrogen and oxygen atoms in total. The summed E-state index contributed by atoms with van der Waals surface area (Å²) >= 11 is 0. The summed E-state index contributed by atoms with van der Waals surface area (Å²) in [7, 11) is -2.38. The van der Waals surface area contributed by atoms with Crippen molar-refractivity contribution in [2.45, 2.75) is 17.9 Å². The van der Waals surface area contributed by atoms with Gasteiger partial charge in [0.15, 0.2) is 0 Å². The van der Waals surface area contributed by atoms with Gasteiger partial charge in [-0.15, -0.1) is 0 Å². The van der Waals surface area contributed by atoms with Gasteiger partial charge < -0.3 is 9.47 Å². The zero-order valence-corrected chi connectivity index (χ0v) is 13.4. The Morgan fingerprint density at radius 3 is 2.78 bits per heavy atom. The lowest BCUT2D eigenvalue weighted by atomic mass is 10.2. The molecule has 0 N–H and O–H groups in total. The van der Waals surface area contributed by atoms with Crippen molar-refractivity contribution in [2.75, 3.05) is 18.0 Å². The van der Waals surface area contributed by atoms with Gasteiger partial charge in [-0.2, -0.15) is 0 Å². The van der Waals surface area contributed by atoms with Crippen LogP contribution in [0, 0.1) is 5.82 Å². The van der Waals surface area contributed by atoms with Crippen LogP contribution in [0.4, 0.5) is 10.1 Å². The molecule has 1 aromatic heterocycles. The number of anilines is 1. The maximum atomic E-state index is 13.4. The number of nitrogens with zero attached hydrogens (tertiary/aromatic N) is 2. The van der Waals surface area contributed by atoms with Crippen molar-refractivity contribution < 1.29 is 22.3 Å². The second kappa shape index (κ2) is 5.69. The third-order valence-electron chi connectivity index (χ3n) is 3.45. The topological polar surface area (TPSA) is 68.7 Å². The van der Waals surface area contributed by atoms with Crippen molar-refractivity contribution in [1.82, 2.24) is 4.98 Å². The van der Waals surface area contributed by atoms with Crippen molar-refractivity contribution in [3.05, 3.63) is 42.3 Å². The summed E-state index contributed by atoms with van der Waals surface area (Å²) in [6, 6.07) is 6.67. The van der Waals surface area contributed by atoms with E-state index in [4.69, 9.17) is 9.47 Å². The number of fused-ring (bicyclic) bond motifs is 1. The molecule has 1 aliphatic heterocycles. The van der Waals surface area contributed by atoms with Crippen LogP contribution < -0.4 is 13.8 Å². The van der Waals surface area contributed by atoms with E-state index in [9.17, 15) is 12.8 Å². The van der Waals surface area contributed by atoms with E-state index in [0.29, 0.717) is 11.6 Å². The van der Waals surface area contributed by atoms with Crippen LogP contribution in [-0.4, -0.2) is 33.2 Å². The third-order valence-corrected chi connectivity index (χ3v) is 5.21. The molecule has 23 heavy (non-hydrogen) atoms. The number of methoxy groups -OCH3 is 1. The largest absolute Gasteiger partial charge is 0.487 e. The molecule has 0 bridgehead atoms. The van der Waals surface area contributed by atoms with E-state index < -0.39 is 21.9 Å². The molecule has 0 unspecified atom stereocenters. The molecule has 8 heteroatoms. The first kappa shape index (κ1) is 15.5. The van der Waals surface area contributed by atoms with Gasteiger partial charge in [0.05, 0.1) is 25.5 Å². The molecular formula is C15H15FN2O4S. The molecule has 0 amide bonds. The Morgan fingerprint density at radius 1 is 1.35 bits per heavy atom. The molecule has 3 rings (SSSR count). The van der Waals surface area contributed by atoms with Crippen molar-refractivity contribution in [3.63, 3.8) is 0 Å². The van der Waals surface area contributed by atoms with E-state index in [1.807, 2.05) is 0 Å². The molecule has 0 saturated heterocycles. The fourth-order valence-corrected chi connectivity index (χ4v) is 3.87. The van der Waals surface area contributed by atoms with E-state index in [0.717, 1.165) is 0 Å². The van der Waals surface area contributed by atoms with E-state index in [1.54, 1.807) is 6.92 Å². The lowest BCUT2D eigenvalue weighted by Gasteiger charge is -2.34. The maximum Gasteiger partial charge on any atom is 0.266 e. The molecule has 0 spiro atoms. The number of benzene rings is 1. The van der Waals surface area contributed by atoms with Crippen LogP contribution in [-0.2, 0) is 10.0 Å². The summed E-state index contributed by atoms with van der Waals surface area (Å²) in [6.45, 7) is 1.86. The fraction of sp³-hybridized carbons (Fsp3) is 0.267. The summed E-state index contributed by atoms with van der Waals surface area (Å²) in [5, 5.41) is 0. The number of halogens is 1. The summed E-state index contributed by atoms with van der Waals surface area (Å²) in [5.74, 6) is 0.0388. The molecule has 1 atom stereocenters. The van der Waals surface area contributed by atoms with Gasteiger partial charge >= 0.3 is 0 Å². The number of hydrogen-bond acceptors (Lipinski definition) is 5. The highest BCUT2D eigenvalue weighted by Gasteiger charge is 2.33. The van der Waals surface area contributed by atoms with Crippen molar-refractivity contribution in [1.29, 1.82) is 0 Å².